The van der Waals surface area contributed by atoms with Gasteiger partial charge >= 0.3 is 0 Å². The van der Waals surface area contributed by atoms with Crippen LogP contribution in [0.15, 0.2) is 109 Å². The van der Waals surface area contributed by atoms with Crippen molar-refractivity contribution in [2.45, 2.75) is 0 Å². The Morgan fingerprint density at radius 2 is 0.963 bits per heavy atom. The van der Waals surface area contributed by atoms with Gasteiger partial charge in [-0.25, -0.2) is 4.39 Å². The van der Waals surface area contributed by atoms with Gasteiger partial charge in [-0.2, -0.15) is 0 Å². The lowest BCUT2D eigenvalue weighted by Gasteiger charge is -2.25. The van der Waals surface area contributed by atoms with Gasteiger partial charge in [-0.15, -0.1) is 0 Å². The van der Waals surface area contributed by atoms with Gasteiger partial charge in [-0.3, -0.25) is 0 Å². The third-order valence-corrected chi connectivity index (χ3v) is 9.11. The smallest absolute Gasteiger partial charge is 0.131 e. The maximum absolute atomic E-state index is 14.7. The summed E-state index contributed by atoms with van der Waals surface area (Å²) in [6.45, 7) is 2.33. The molecule has 0 aromatic heterocycles. The monoisotopic (exact) mass is 371 g/mol. The van der Waals surface area contributed by atoms with Gasteiger partial charge in [0.1, 0.15) is 29.0 Å². The molecule has 0 saturated carbocycles. The van der Waals surface area contributed by atoms with Crippen molar-refractivity contribution >= 4 is 23.2 Å². The summed E-state index contributed by atoms with van der Waals surface area (Å²) in [5, 5.41) is 3.78. The lowest BCUT2D eigenvalue weighted by atomic mass is 10.1. The third-order valence-electron chi connectivity index (χ3n) is 5.10. The second-order valence-corrected chi connectivity index (χ2v) is 10.2. The van der Waals surface area contributed by atoms with E-state index in [0.717, 1.165) is 5.56 Å². The van der Waals surface area contributed by atoms with Crippen molar-refractivity contribution in [2.24, 2.45) is 0 Å². The van der Waals surface area contributed by atoms with E-state index in [0.29, 0.717) is 5.56 Å². The second kappa shape index (κ2) is 7.47. The number of benzene rings is 4. The molecule has 0 atom stereocenters. The van der Waals surface area contributed by atoms with Crippen LogP contribution >= 0.6 is 7.26 Å². The highest BCUT2D eigenvalue weighted by molar-refractivity contribution is 7.95. The predicted molar refractivity (Wildman–Crippen MR) is 116 cm³/mol. The van der Waals surface area contributed by atoms with Crippen LogP contribution in [-0.2, 0) is 0 Å². The van der Waals surface area contributed by atoms with Crippen molar-refractivity contribution in [3.05, 3.63) is 115 Å². The summed E-state index contributed by atoms with van der Waals surface area (Å²) in [6.07, 6.45) is 0. The molecule has 0 N–H and O–H groups in total. The first-order valence-corrected chi connectivity index (χ1v) is 11.3. The van der Waals surface area contributed by atoms with E-state index in [4.69, 9.17) is 0 Å². The minimum absolute atomic E-state index is 0.183. The van der Waals surface area contributed by atoms with Crippen LogP contribution in [-0.4, -0.2) is 6.66 Å². The largest absolute Gasteiger partial charge is 0.206 e. The Balaban J connectivity index is 2.03. The zero-order chi connectivity index (χ0) is 18.7. The molecule has 0 nitrogen and oxygen atoms in total. The molecule has 4 rings (SSSR count). The molecule has 27 heavy (non-hydrogen) atoms. The maximum atomic E-state index is 14.7. The fraction of sp³-hybridized carbons (Fsp3) is 0.0400. The van der Waals surface area contributed by atoms with Gasteiger partial charge in [0.05, 0.1) is 6.66 Å². The van der Waals surface area contributed by atoms with Crippen LogP contribution in [0, 0.1) is 5.82 Å². The zero-order valence-electron chi connectivity index (χ0n) is 15.2. The van der Waals surface area contributed by atoms with Crippen LogP contribution in [0.5, 0.6) is 0 Å². The molecule has 2 heteroatoms. The minimum Gasteiger partial charge on any atom is -0.206 e. The molecule has 0 aliphatic heterocycles. The molecule has 0 saturated heterocycles. The van der Waals surface area contributed by atoms with Gasteiger partial charge in [0.25, 0.3) is 0 Å². The lowest BCUT2D eigenvalue weighted by Crippen LogP contribution is -2.31. The van der Waals surface area contributed by atoms with Crippen molar-refractivity contribution in [1.82, 2.24) is 0 Å². The zero-order valence-corrected chi connectivity index (χ0v) is 16.1. The fourth-order valence-electron chi connectivity index (χ4n) is 3.65. The molecular weight excluding hydrogens is 350 g/mol. The van der Waals surface area contributed by atoms with Crippen molar-refractivity contribution in [3.8, 4) is 11.1 Å². The van der Waals surface area contributed by atoms with Gasteiger partial charge in [0, 0.05) is 11.1 Å². The van der Waals surface area contributed by atoms with Gasteiger partial charge in [0.2, 0.25) is 0 Å². The first kappa shape index (κ1) is 17.6. The van der Waals surface area contributed by atoms with Crippen molar-refractivity contribution in [2.75, 3.05) is 6.66 Å². The molecule has 0 spiro atoms. The van der Waals surface area contributed by atoms with E-state index in [-0.39, 0.29) is 5.82 Å². The molecule has 132 valence electrons. The lowest BCUT2D eigenvalue weighted by molar-refractivity contribution is 0.631. The quantitative estimate of drug-likeness (QED) is 0.421. The summed E-state index contributed by atoms with van der Waals surface area (Å²) < 4.78 is 14.7. The normalized spacial score (nSPS) is 11.3. The number of hydrogen-bond acceptors (Lipinski definition) is 0. The fourth-order valence-corrected chi connectivity index (χ4v) is 7.10. The standard InChI is InChI=1S/C25H21FP/c1-27(20-12-4-2-5-13-20,21-14-6-3-7-15-21)25-19-11-9-17-23(25)22-16-8-10-18-24(22)26/h2-19H,1H3/q+1. The number of hydrogen-bond donors (Lipinski definition) is 0. The van der Waals surface area contributed by atoms with Gasteiger partial charge in [-0.1, -0.05) is 72.8 Å². The molecule has 0 bridgehead atoms. The van der Waals surface area contributed by atoms with Gasteiger partial charge in [0.15, 0.2) is 0 Å². The minimum atomic E-state index is -1.92. The average molecular weight is 371 g/mol. The Labute approximate surface area is 160 Å². The summed E-state index contributed by atoms with van der Waals surface area (Å²) >= 11 is 0. The van der Waals surface area contributed by atoms with Crippen LogP contribution in [0.2, 0.25) is 0 Å². The highest BCUT2D eigenvalue weighted by Crippen LogP contribution is 2.53. The Morgan fingerprint density at radius 1 is 0.519 bits per heavy atom. The molecule has 4 aromatic carbocycles. The molecule has 0 unspecified atom stereocenters. The van der Waals surface area contributed by atoms with Crippen molar-refractivity contribution < 1.29 is 4.39 Å². The molecule has 4 aromatic rings. The Hall–Kier alpha value is -2.76. The molecule has 0 radical (unpaired) electrons. The summed E-state index contributed by atoms with van der Waals surface area (Å²) in [5.41, 5.74) is 1.63. The first-order valence-electron chi connectivity index (χ1n) is 9.03. The first-order chi connectivity index (χ1) is 13.2. The van der Waals surface area contributed by atoms with Crippen LogP contribution in [0.3, 0.4) is 0 Å². The SMILES string of the molecule is C[P+](c1ccccc1)(c1ccccc1)c1ccccc1-c1ccccc1F. The van der Waals surface area contributed by atoms with E-state index in [1.54, 1.807) is 6.07 Å². The second-order valence-electron chi connectivity index (χ2n) is 6.67. The van der Waals surface area contributed by atoms with Crippen LogP contribution in [0.4, 0.5) is 4.39 Å². The van der Waals surface area contributed by atoms with Crippen LogP contribution < -0.4 is 15.9 Å². The molecule has 0 heterocycles. The van der Waals surface area contributed by atoms with E-state index in [1.807, 2.05) is 36.4 Å². The van der Waals surface area contributed by atoms with E-state index in [1.165, 1.54) is 22.0 Å². The summed E-state index contributed by atoms with van der Waals surface area (Å²) in [5.74, 6) is -0.183. The van der Waals surface area contributed by atoms with Crippen molar-refractivity contribution in [1.29, 1.82) is 0 Å². The summed E-state index contributed by atoms with van der Waals surface area (Å²) in [4.78, 5) is 0. The highest BCUT2D eigenvalue weighted by atomic mass is 31.2. The van der Waals surface area contributed by atoms with Gasteiger partial charge in [-0.05, 0) is 36.4 Å². The van der Waals surface area contributed by atoms with Gasteiger partial charge < -0.3 is 0 Å². The average Bonchev–Trinajstić information content (AvgIpc) is 2.75. The Kier molecular flexibility index (Phi) is 4.88. The van der Waals surface area contributed by atoms with E-state index < -0.39 is 7.26 Å². The van der Waals surface area contributed by atoms with E-state index in [2.05, 4.69) is 67.3 Å². The van der Waals surface area contributed by atoms with E-state index >= 15 is 0 Å². The Bertz CT molecular complexity index is 1000. The number of rotatable bonds is 4. The topological polar surface area (TPSA) is 0 Å². The summed E-state index contributed by atoms with van der Waals surface area (Å²) in [6, 6.07) is 36.5. The molecule has 0 aliphatic carbocycles. The molecular formula is C25H21FP+. The summed E-state index contributed by atoms with van der Waals surface area (Å²) in [7, 11) is -1.92. The van der Waals surface area contributed by atoms with E-state index in [9.17, 15) is 4.39 Å². The number of halogens is 1. The molecule has 0 fully saturated rings. The Morgan fingerprint density at radius 3 is 1.52 bits per heavy atom. The van der Waals surface area contributed by atoms with Crippen molar-refractivity contribution in [3.63, 3.8) is 0 Å². The van der Waals surface area contributed by atoms with Crippen LogP contribution in [0.1, 0.15) is 0 Å². The molecule has 0 aliphatic rings. The third kappa shape index (κ3) is 3.20. The maximum Gasteiger partial charge on any atom is 0.131 e. The highest BCUT2D eigenvalue weighted by Gasteiger charge is 2.42. The van der Waals surface area contributed by atoms with Crippen LogP contribution in [0.25, 0.3) is 11.1 Å². The molecule has 0 amide bonds. The predicted octanol–water partition coefficient (Wildman–Crippen LogP) is 5.42.